The fraction of sp³-hybridized carbons (Fsp3) is 0.143. The lowest BCUT2D eigenvalue weighted by Crippen LogP contribution is -1.96. The highest BCUT2D eigenvalue weighted by molar-refractivity contribution is 5.86. The van der Waals surface area contributed by atoms with Gasteiger partial charge in [-0.1, -0.05) is 129 Å². The molecular formula is C42H32. The predicted molar refractivity (Wildman–Crippen MR) is 176 cm³/mol. The van der Waals surface area contributed by atoms with Crippen LogP contribution in [-0.4, -0.2) is 0 Å². The van der Waals surface area contributed by atoms with Gasteiger partial charge in [-0.2, -0.15) is 0 Å². The molecule has 0 amide bonds. The highest BCUT2D eigenvalue weighted by Gasteiger charge is 2.28. The van der Waals surface area contributed by atoms with Crippen molar-refractivity contribution in [3.63, 3.8) is 0 Å². The van der Waals surface area contributed by atoms with Crippen LogP contribution in [0.1, 0.15) is 59.1 Å². The van der Waals surface area contributed by atoms with E-state index < -0.39 is 0 Å². The maximum Gasteiger partial charge on any atom is 0.0102 e. The van der Waals surface area contributed by atoms with Gasteiger partial charge in [-0.15, -0.1) is 0 Å². The molecule has 3 aliphatic rings. The van der Waals surface area contributed by atoms with Crippen LogP contribution in [0.15, 0.2) is 121 Å². The van der Waals surface area contributed by atoms with Crippen molar-refractivity contribution in [1.29, 1.82) is 0 Å². The molecule has 9 rings (SSSR count). The van der Waals surface area contributed by atoms with Crippen LogP contribution >= 0.6 is 0 Å². The van der Waals surface area contributed by atoms with Crippen LogP contribution in [-0.2, 0) is 12.8 Å². The molecule has 0 saturated carbocycles. The van der Waals surface area contributed by atoms with Crippen molar-refractivity contribution in [2.45, 2.75) is 38.5 Å². The van der Waals surface area contributed by atoms with E-state index in [2.05, 4.69) is 128 Å². The summed E-state index contributed by atoms with van der Waals surface area (Å²) in [6, 6.07) is 46.3. The van der Waals surface area contributed by atoms with E-state index in [0.29, 0.717) is 5.92 Å². The van der Waals surface area contributed by atoms with Crippen molar-refractivity contribution in [3.8, 4) is 55.6 Å². The Bertz CT molecular complexity index is 2060. The minimum atomic E-state index is 0.506. The van der Waals surface area contributed by atoms with E-state index in [1.54, 1.807) is 0 Å². The first-order chi connectivity index (χ1) is 20.7. The monoisotopic (exact) mass is 536 g/mol. The fourth-order valence-corrected chi connectivity index (χ4v) is 7.98. The van der Waals surface area contributed by atoms with Crippen molar-refractivity contribution in [2.24, 2.45) is 0 Å². The zero-order chi connectivity index (χ0) is 27.8. The van der Waals surface area contributed by atoms with Crippen molar-refractivity contribution >= 4 is 0 Å². The van der Waals surface area contributed by atoms with Gasteiger partial charge in [0.1, 0.15) is 0 Å². The zero-order valence-electron chi connectivity index (χ0n) is 24.0. The average molecular weight is 537 g/mol. The summed E-state index contributed by atoms with van der Waals surface area (Å²) in [5.74, 6) is 0.506. The molecule has 1 unspecified atom stereocenters. The van der Waals surface area contributed by atoms with Gasteiger partial charge < -0.3 is 0 Å². The minimum absolute atomic E-state index is 0.506. The Morgan fingerprint density at radius 3 is 1.50 bits per heavy atom. The van der Waals surface area contributed by atoms with Gasteiger partial charge in [-0.3, -0.25) is 0 Å². The molecule has 0 bridgehead atoms. The molecule has 0 aromatic heterocycles. The van der Waals surface area contributed by atoms with Gasteiger partial charge in [0.05, 0.1) is 0 Å². The molecule has 0 heterocycles. The first kappa shape index (κ1) is 24.0. The van der Waals surface area contributed by atoms with Crippen LogP contribution in [0, 0.1) is 0 Å². The summed E-state index contributed by atoms with van der Waals surface area (Å²) in [4.78, 5) is 0. The van der Waals surface area contributed by atoms with Gasteiger partial charge in [0, 0.05) is 5.92 Å². The van der Waals surface area contributed by atoms with Gasteiger partial charge in [-0.05, 0) is 114 Å². The number of fused-ring (bicyclic) bond motifs is 9. The highest BCUT2D eigenvalue weighted by atomic mass is 14.3. The number of hydrogen-bond acceptors (Lipinski definition) is 0. The maximum atomic E-state index is 2.48. The van der Waals surface area contributed by atoms with Gasteiger partial charge in [0.15, 0.2) is 0 Å². The Hall–Kier alpha value is -4.68. The Balaban J connectivity index is 1.03. The van der Waals surface area contributed by atoms with E-state index in [9.17, 15) is 0 Å². The SMILES string of the molecule is CCCC1c2ccccc2-c2ccc(-c3ccc4c(c3)Cc3cc(-c5ccc6c(c5)Cc5ccccc5-6)ccc3-4)cc21. The van der Waals surface area contributed by atoms with Crippen LogP contribution < -0.4 is 0 Å². The molecule has 0 heteroatoms. The van der Waals surface area contributed by atoms with E-state index >= 15 is 0 Å². The second-order valence-electron chi connectivity index (χ2n) is 12.4. The summed E-state index contributed by atoms with van der Waals surface area (Å²) in [6.45, 7) is 2.30. The number of rotatable bonds is 4. The maximum absolute atomic E-state index is 2.48. The summed E-state index contributed by atoms with van der Waals surface area (Å²) in [7, 11) is 0. The van der Waals surface area contributed by atoms with Crippen LogP contribution in [0.5, 0.6) is 0 Å². The van der Waals surface area contributed by atoms with Crippen molar-refractivity contribution in [3.05, 3.63) is 155 Å². The standard InChI is InChI=1S/C42H32/c1-2-7-38-39-10-5-6-11-40(39)41-19-15-29(25-42(38)41)28-14-18-37-33(22-28)24-32-21-27(13-17-36(32)37)26-12-16-35-31(20-26)23-30-8-3-4-9-34(30)35/h3-6,8-22,25,38H,2,7,23-24H2,1H3. The molecule has 0 N–H and O–H groups in total. The first-order valence-electron chi connectivity index (χ1n) is 15.5. The van der Waals surface area contributed by atoms with E-state index in [1.165, 1.54) is 102 Å². The second kappa shape index (κ2) is 9.16. The average Bonchev–Trinajstić information content (AvgIpc) is 3.69. The van der Waals surface area contributed by atoms with Crippen molar-refractivity contribution in [1.82, 2.24) is 0 Å². The third-order valence-corrected chi connectivity index (χ3v) is 9.97. The van der Waals surface area contributed by atoms with Crippen LogP contribution in [0.2, 0.25) is 0 Å². The van der Waals surface area contributed by atoms with Gasteiger partial charge in [-0.25, -0.2) is 0 Å². The normalized spacial score (nSPS) is 15.0. The van der Waals surface area contributed by atoms with E-state index in [1.807, 2.05) is 0 Å². The Morgan fingerprint density at radius 1 is 0.429 bits per heavy atom. The largest absolute Gasteiger partial charge is 0.0653 e. The lowest BCUT2D eigenvalue weighted by Gasteiger charge is -2.14. The van der Waals surface area contributed by atoms with E-state index in [0.717, 1.165) is 12.8 Å². The molecular weight excluding hydrogens is 504 g/mol. The molecule has 1 atom stereocenters. The summed E-state index contributed by atoms with van der Waals surface area (Å²) in [5, 5.41) is 0. The van der Waals surface area contributed by atoms with Crippen LogP contribution in [0.3, 0.4) is 0 Å². The Kier molecular flexibility index (Phi) is 5.23. The van der Waals surface area contributed by atoms with Gasteiger partial charge in [0.2, 0.25) is 0 Å². The van der Waals surface area contributed by atoms with Gasteiger partial charge >= 0.3 is 0 Å². The fourth-order valence-electron chi connectivity index (χ4n) is 7.98. The van der Waals surface area contributed by atoms with Gasteiger partial charge in [0.25, 0.3) is 0 Å². The molecule has 0 fully saturated rings. The second-order valence-corrected chi connectivity index (χ2v) is 12.4. The minimum Gasteiger partial charge on any atom is -0.0653 e. The summed E-state index contributed by atoms with van der Waals surface area (Å²) < 4.78 is 0. The molecule has 0 saturated heterocycles. The summed E-state index contributed by atoms with van der Waals surface area (Å²) in [5.41, 5.74) is 22.5. The molecule has 0 nitrogen and oxygen atoms in total. The summed E-state index contributed by atoms with van der Waals surface area (Å²) >= 11 is 0. The van der Waals surface area contributed by atoms with Crippen molar-refractivity contribution < 1.29 is 0 Å². The van der Waals surface area contributed by atoms with Crippen LogP contribution in [0.4, 0.5) is 0 Å². The van der Waals surface area contributed by atoms with Crippen LogP contribution in [0.25, 0.3) is 55.6 Å². The van der Waals surface area contributed by atoms with E-state index in [-0.39, 0.29) is 0 Å². The molecule has 6 aromatic rings. The molecule has 200 valence electrons. The summed E-state index contributed by atoms with van der Waals surface area (Å²) in [6.07, 6.45) is 4.43. The molecule has 0 radical (unpaired) electrons. The highest BCUT2D eigenvalue weighted by Crippen LogP contribution is 2.48. The predicted octanol–water partition coefficient (Wildman–Crippen LogP) is 11.1. The lowest BCUT2D eigenvalue weighted by atomic mass is 9.90. The molecule has 0 spiro atoms. The molecule has 6 aromatic carbocycles. The quantitative estimate of drug-likeness (QED) is 0.210. The zero-order valence-corrected chi connectivity index (χ0v) is 24.0. The third kappa shape index (κ3) is 3.55. The molecule has 0 aliphatic heterocycles. The topological polar surface area (TPSA) is 0 Å². The number of benzene rings is 6. The van der Waals surface area contributed by atoms with E-state index in [4.69, 9.17) is 0 Å². The first-order valence-corrected chi connectivity index (χ1v) is 15.5. The smallest absolute Gasteiger partial charge is 0.0102 e. The number of hydrogen-bond donors (Lipinski definition) is 0. The lowest BCUT2D eigenvalue weighted by molar-refractivity contribution is 0.711. The Labute approximate surface area is 248 Å². The third-order valence-electron chi connectivity index (χ3n) is 9.97. The van der Waals surface area contributed by atoms with Crippen molar-refractivity contribution in [2.75, 3.05) is 0 Å². The molecule has 3 aliphatic carbocycles. The molecule has 42 heavy (non-hydrogen) atoms. The Morgan fingerprint density at radius 2 is 0.881 bits per heavy atom.